The number of aromatic nitrogens is 2. The van der Waals surface area contributed by atoms with E-state index >= 15 is 0 Å². The van der Waals surface area contributed by atoms with Crippen molar-refractivity contribution in [2.45, 2.75) is 39.2 Å². The first-order valence-corrected chi connectivity index (χ1v) is 8.93. The van der Waals surface area contributed by atoms with Gasteiger partial charge in [0.25, 0.3) is 0 Å². The summed E-state index contributed by atoms with van der Waals surface area (Å²) < 4.78 is 11.1. The number of benzene rings is 1. The van der Waals surface area contributed by atoms with Crippen LogP contribution in [0.1, 0.15) is 29.9 Å². The number of methoxy groups -OCH3 is 1. The molecule has 0 saturated carbocycles. The molecule has 2 heterocycles. The van der Waals surface area contributed by atoms with Crippen LogP contribution in [-0.2, 0) is 11.2 Å². The number of carbonyl (C=O) groups excluding carboxylic acids is 1. The van der Waals surface area contributed by atoms with Gasteiger partial charge in [0.2, 0.25) is 11.8 Å². The number of amides is 1. The number of carbonyl (C=O) groups is 1. The smallest absolute Gasteiger partial charge is 0.226 e. The van der Waals surface area contributed by atoms with Crippen LogP contribution >= 0.6 is 0 Å². The SMILES string of the molecule is COc1ccc(CC(=O)N2CCC(Oc3cc(C)nc(C)n3)CC2)cc1. The molecule has 6 heteroatoms. The van der Waals surface area contributed by atoms with Crippen molar-refractivity contribution < 1.29 is 14.3 Å². The van der Waals surface area contributed by atoms with E-state index in [2.05, 4.69) is 9.97 Å². The zero-order valence-electron chi connectivity index (χ0n) is 15.6. The molecule has 0 atom stereocenters. The third-order valence-electron chi connectivity index (χ3n) is 4.54. The summed E-state index contributed by atoms with van der Waals surface area (Å²) in [7, 11) is 1.64. The molecule has 1 amide bonds. The molecule has 6 nitrogen and oxygen atoms in total. The van der Waals surface area contributed by atoms with Crippen LogP contribution in [0.3, 0.4) is 0 Å². The highest BCUT2D eigenvalue weighted by Gasteiger charge is 2.24. The number of aryl methyl sites for hydroxylation is 2. The Morgan fingerprint density at radius 1 is 1.15 bits per heavy atom. The summed E-state index contributed by atoms with van der Waals surface area (Å²) in [6.45, 7) is 5.22. The number of rotatable bonds is 5. The molecular formula is C20H25N3O3. The zero-order valence-corrected chi connectivity index (χ0v) is 15.6. The van der Waals surface area contributed by atoms with E-state index in [1.54, 1.807) is 7.11 Å². The van der Waals surface area contributed by atoms with E-state index < -0.39 is 0 Å². The lowest BCUT2D eigenvalue weighted by Crippen LogP contribution is -2.42. The fourth-order valence-corrected chi connectivity index (χ4v) is 3.17. The number of likely N-dealkylation sites (tertiary alicyclic amines) is 1. The molecule has 0 aliphatic carbocycles. The van der Waals surface area contributed by atoms with Crippen LogP contribution in [-0.4, -0.2) is 47.1 Å². The number of hydrogen-bond acceptors (Lipinski definition) is 5. The monoisotopic (exact) mass is 355 g/mol. The number of ether oxygens (including phenoxy) is 2. The highest BCUT2D eigenvalue weighted by atomic mass is 16.5. The third kappa shape index (κ3) is 4.71. The van der Waals surface area contributed by atoms with Crippen molar-refractivity contribution in [2.75, 3.05) is 20.2 Å². The normalized spacial score (nSPS) is 15.0. The average molecular weight is 355 g/mol. The molecule has 3 rings (SSSR count). The van der Waals surface area contributed by atoms with Gasteiger partial charge in [-0.05, 0) is 31.5 Å². The molecule has 0 bridgehead atoms. The number of piperidine rings is 1. The molecule has 26 heavy (non-hydrogen) atoms. The zero-order chi connectivity index (χ0) is 18.5. The largest absolute Gasteiger partial charge is 0.497 e. The summed E-state index contributed by atoms with van der Waals surface area (Å²) >= 11 is 0. The van der Waals surface area contributed by atoms with Gasteiger partial charge in [-0.2, -0.15) is 4.98 Å². The average Bonchev–Trinajstić information content (AvgIpc) is 2.62. The van der Waals surface area contributed by atoms with E-state index in [0.717, 1.165) is 29.8 Å². The van der Waals surface area contributed by atoms with Crippen LogP contribution in [0, 0.1) is 13.8 Å². The molecule has 0 spiro atoms. The van der Waals surface area contributed by atoms with Gasteiger partial charge in [-0.15, -0.1) is 0 Å². The number of hydrogen-bond donors (Lipinski definition) is 0. The summed E-state index contributed by atoms with van der Waals surface area (Å²) in [5.41, 5.74) is 1.90. The van der Waals surface area contributed by atoms with Crippen LogP contribution in [0.25, 0.3) is 0 Å². The minimum Gasteiger partial charge on any atom is -0.497 e. The van der Waals surface area contributed by atoms with Crippen molar-refractivity contribution in [3.05, 3.63) is 47.4 Å². The Bertz CT molecular complexity index is 733. The van der Waals surface area contributed by atoms with E-state index in [4.69, 9.17) is 9.47 Å². The molecule has 1 aliphatic heterocycles. The van der Waals surface area contributed by atoms with Crippen LogP contribution in [0.5, 0.6) is 11.6 Å². The van der Waals surface area contributed by atoms with Gasteiger partial charge in [0.1, 0.15) is 17.7 Å². The minimum absolute atomic E-state index is 0.0914. The first-order valence-electron chi connectivity index (χ1n) is 8.93. The first kappa shape index (κ1) is 18.2. The van der Waals surface area contributed by atoms with E-state index in [9.17, 15) is 4.79 Å². The Morgan fingerprint density at radius 2 is 1.85 bits per heavy atom. The van der Waals surface area contributed by atoms with Crippen molar-refractivity contribution in [1.82, 2.24) is 14.9 Å². The van der Waals surface area contributed by atoms with Gasteiger partial charge >= 0.3 is 0 Å². The Hall–Kier alpha value is -2.63. The minimum atomic E-state index is 0.0914. The summed E-state index contributed by atoms with van der Waals surface area (Å²) in [5.74, 6) is 2.29. The molecule has 1 aromatic carbocycles. The van der Waals surface area contributed by atoms with Crippen molar-refractivity contribution in [2.24, 2.45) is 0 Å². The lowest BCUT2D eigenvalue weighted by molar-refractivity contribution is -0.132. The Kier molecular flexibility index (Phi) is 5.71. The molecule has 138 valence electrons. The van der Waals surface area contributed by atoms with Gasteiger partial charge in [0.05, 0.1) is 13.5 Å². The standard InChI is InChI=1S/C20H25N3O3/c1-14-12-19(22-15(2)21-14)26-18-8-10-23(11-9-18)20(24)13-16-4-6-17(25-3)7-5-16/h4-7,12,18H,8-11,13H2,1-3H3. The predicted octanol–water partition coefficient (Wildman–Crippen LogP) is 2.71. The van der Waals surface area contributed by atoms with Gasteiger partial charge in [0.15, 0.2) is 0 Å². The van der Waals surface area contributed by atoms with Crippen LogP contribution < -0.4 is 9.47 Å². The lowest BCUT2D eigenvalue weighted by Gasteiger charge is -2.32. The fourth-order valence-electron chi connectivity index (χ4n) is 3.17. The summed E-state index contributed by atoms with van der Waals surface area (Å²) in [6, 6.07) is 9.50. The first-order chi connectivity index (χ1) is 12.5. The Morgan fingerprint density at radius 3 is 2.46 bits per heavy atom. The molecule has 2 aromatic rings. The lowest BCUT2D eigenvalue weighted by atomic mass is 10.1. The maximum atomic E-state index is 12.5. The number of nitrogens with zero attached hydrogens (tertiary/aromatic N) is 3. The summed E-state index contributed by atoms with van der Waals surface area (Å²) in [5, 5.41) is 0. The van der Waals surface area contributed by atoms with Crippen molar-refractivity contribution >= 4 is 5.91 Å². The fraction of sp³-hybridized carbons (Fsp3) is 0.450. The van der Waals surface area contributed by atoms with Crippen molar-refractivity contribution in [3.8, 4) is 11.6 Å². The Labute approximate surface area is 154 Å². The van der Waals surface area contributed by atoms with Crippen molar-refractivity contribution in [3.63, 3.8) is 0 Å². The molecule has 1 aromatic heterocycles. The third-order valence-corrected chi connectivity index (χ3v) is 4.54. The highest BCUT2D eigenvalue weighted by Crippen LogP contribution is 2.19. The second-order valence-corrected chi connectivity index (χ2v) is 6.62. The van der Waals surface area contributed by atoms with Gasteiger partial charge in [-0.25, -0.2) is 4.98 Å². The molecule has 0 N–H and O–H groups in total. The molecule has 0 unspecified atom stereocenters. The summed E-state index contributed by atoms with van der Waals surface area (Å²) in [6.07, 6.45) is 2.14. The molecular weight excluding hydrogens is 330 g/mol. The van der Waals surface area contributed by atoms with E-state index in [1.165, 1.54) is 0 Å². The molecule has 1 aliphatic rings. The predicted molar refractivity (Wildman–Crippen MR) is 98.4 cm³/mol. The quantitative estimate of drug-likeness (QED) is 0.825. The van der Waals surface area contributed by atoms with E-state index in [1.807, 2.05) is 49.1 Å². The van der Waals surface area contributed by atoms with E-state index in [-0.39, 0.29) is 12.0 Å². The van der Waals surface area contributed by atoms with Crippen LogP contribution in [0.2, 0.25) is 0 Å². The Balaban J connectivity index is 1.50. The second-order valence-electron chi connectivity index (χ2n) is 6.62. The van der Waals surface area contributed by atoms with Gasteiger partial charge < -0.3 is 14.4 Å². The highest BCUT2D eigenvalue weighted by molar-refractivity contribution is 5.78. The molecule has 1 saturated heterocycles. The maximum absolute atomic E-state index is 12.5. The van der Waals surface area contributed by atoms with Crippen molar-refractivity contribution in [1.29, 1.82) is 0 Å². The maximum Gasteiger partial charge on any atom is 0.226 e. The van der Waals surface area contributed by atoms with Gasteiger partial charge in [-0.1, -0.05) is 12.1 Å². The van der Waals surface area contributed by atoms with Crippen LogP contribution in [0.15, 0.2) is 30.3 Å². The molecule has 0 radical (unpaired) electrons. The van der Waals surface area contributed by atoms with Gasteiger partial charge in [0, 0.05) is 37.7 Å². The topological polar surface area (TPSA) is 64.5 Å². The molecule has 1 fully saturated rings. The second kappa shape index (κ2) is 8.17. The van der Waals surface area contributed by atoms with Gasteiger partial charge in [-0.3, -0.25) is 4.79 Å². The van der Waals surface area contributed by atoms with E-state index in [0.29, 0.717) is 31.2 Å². The summed E-state index contributed by atoms with van der Waals surface area (Å²) in [4.78, 5) is 23.0. The van der Waals surface area contributed by atoms with Crippen LogP contribution in [0.4, 0.5) is 0 Å².